The van der Waals surface area contributed by atoms with E-state index in [0.29, 0.717) is 0 Å². The fraction of sp³-hybridized carbons (Fsp3) is 1.00. The standard InChI is InChI=1S/2C6H12N2.2ClH.HNO3.Rh/c2*7-5-3-1-2-4-6(5)8;;;2-1(3)4;/h2*5-8H,1-4H2;2*1H;(H,2,3,4);/q2*-2;;;;+3/p-2. The second-order valence-corrected chi connectivity index (χ2v) is 5.23. The van der Waals surface area contributed by atoms with Gasteiger partial charge in [-0.05, 0) is 0 Å². The third-order valence-electron chi connectivity index (χ3n) is 3.53. The molecule has 0 bridgehead atoms. The molecule has 0 aromatic rings. The summed E-state index contributed by atoms with van der Waals surface area (Å²) in [7, 11) is 0. The summed E-state index contributed by atoms with van der Waals surface area (Å²) in [6.07, 6.45) is 8.49. The summed E-state index contributed by atoms with van der Waals surface area (Å²) < 4.78 is 0. The van der Waals surface area contributed by atoms with Crippen molar-refractivity contribution in [2.45, 2.75) is 75.5 Å². The second-order valence-electron chi connectivity index (χ2n) is 5.23. The van der Waals surface area contributed by atoms with Gasteiger partial charge in [-0.1, -0.05) is 51.4 Å². The van der Waals surface area contributed by atoms with Gasteiger partial charge in [0.2, 0.25) is 0 Å². The number of hydrogen-bond donors (Lipinski definition) is 1. The molecule has 2 rings (SSSR count). The van der Waals surface area contributed by atoms with Crippen molar-refractivity contribution in [3.8, 4) is 0 Å². The van der Waals surface area contributed by atoms with Gasteiger partial charge in [-0.2, -0.15) is 24.2 Å². The SMILES string of the molecule is O=[N+]([O-])O.[Cl-].[Cl-].[NH-]C1CCCCC1[NH-].[NH-]C1CCCCC1[NH-].[Rh+3]. The van der Waals surface area contributed by atoms with Crippen LogP contribution in [0.4, 0.5) is 0 Å². The first-order chi connectivity index (χ1) is 9.34. The molecule has 23 heavy (non-hydrogen) atoms. The van der Waals surface area contributed by atoms with E-state index in [-0.39, 0.29) is 68.5 Å². The van der Waals surface area contributed by atoms with Gasteiger partial charge in [0, 0.05) is 0 Å². The summed E-state index contributed by atoms with van der Waals surface area (Å²) in [4.78, 5) is 8.36. The van der Waals surface area contributed by atoms with Crippen molar-refractivity contribution >= 4 is 0 Å². The molecular weight excluding hydrogens is 436 g/mol. The van der Waals surface area contributed by atoms with Gasteiger partial charge in [0.1, 0.15) is 0 Å². The van der Waals surface area contributed by atoms with Crippen LogP contribution in [0, 0.1) is 10.1 Å². The van der Waals surface area contributed by atoms with Gasteiger partial charge in [0.05, 0.1) is 0 Å². The molecule has 142 valence electrons. The van der Waals surface area contributed by atoms with E-state index in [1.165, 1.54) is 25.7 Å². The fourth-order valence-corrected chi connectivity index (χ4v) is 2.26. The average Bonchev–Trinajstić information content (AvgIpc) is 2.37. The Bertz CT molecular complexity index is 239. The zero-order chi connectivity index (χ0) is 15.5. The van der Waals surface area contributed by atoms with E-state index in [2.05, 4.69) is 0 Å². The number of halogens is 2. The molecule has 2 aliphatic carbocycles. The molecule has 2 fully saturated rings. The summed E-state index contributed by atoms with van der Waals surface area (Å²) in [5.41, 5.74) is 29.2. The maximum Gasteiger partial charge on any atom is 3.00 e. The molecule has 0 amide bonds. The van der Waals surface area contributed by atoms with Crippen molar-refractivity contribution in [1.82, 2.24) is 0 Å². The summed E-state index contributed by atoms with van der Waals surface area (Å²) >= 11 is 0. The van der Waals surface area contributed by atoms with E-state index >= 15 is 0 Å². The molecule has 5 N–H and O–H groups in total. The maximum absolute atomic E-state index is 8.36. The van der Waals surface area contributed by atoms with Crippen molar-refractivity contribution in [2.24, 2.45) is 0 Å². The van der Waals surface area contributed by atoms with Crippen LogP contribution in [0.25, 0.3) is 22.9 Å². The van der Waals surface area contributed by atoms with Gasteiger partial charge < -0.3 is 53.0 Å². The average molecular weight is 461 g/mol. The summed E-state index contributed by atoms with van der Waals surface area (Å²) in [6, 6.07) is -0.319. The van der Waals surface area contributed by atoms with Gasteiger partial charge >= 0.3 is 19.5 Å². The van der Waals surface area contributed by atoms with Crippen molar-refractivity contribution in [3.63, 3.8) is 0 Å². The van der Waals surface area contributed by atoms with E-state index in [1.54, 1.807) is 0 Å². The summed E-state index contributed by atoms with van der Waals surface area (Å²) in [6.45, 7) is 0. The van der Waals surface area contributed by atoms with E-state index in [9.17, 15) is 0 Å². The minimum absolute atomic E-state index is 0. The maximum atomic E-state index is 8.36. The molecule has 0 aromatic heterocycles. The Balaban J connectivity index is -0.000000116. The van der Waals surface area contributed by atoms with Crippen LogP contribution in [0.1, 0.15) is 51.4 Å². The van der Waals surface area contributed by atoms with Crippen LogP contribution in [0.3, 0.4) is 0 Å². The Morgan fingerprint density at radius 1 is 0.739 bits per heavy atom. The van der Waals surface area contributed by atoms with Crippen LogP contribution in [0.5, 0.6) is 0 Å². The third kappa shape index (κ3) is 18.4. The second kappa shape index (κ2) is 18.6. The Morgan fingerprint density at radius 3 is 0.957 bits per heavy atom. The Morgan fingerprint density at radius 2 is 0.870 bits per heavy atom. The first-order valence-corrected chi connectivity index (χ1v) is 7.02. The zero-order valence-electron chi connectivity index (χ0n) is 12.8. The Kier molecular flexibility index (Phi) is 25.1. The molecule has 0 spiro atoms. The molecule has 0 saturated heterocycles. The molecule has 0 heterocycles. The summed E-state index contributed by atoms with van der Waals surface area (Å²) in [5, 5.41) is 13.6. The van der Waals surface area contributed by atoms with Crippen LogP contribution in [0.15, 0.2) is 0 Å². The van der Waals surface area contributed by atoms with Crippen LogP contribution in [0.2, 0.25) is 0 Å². The molecule has 4 unspecified atom stereocenters. The fourth-order valence-electron chi connectivity index (χ4n) is 2.26. The summed E-state index contributed by atoms with van der Waals surface area (Å²) in [5.74, 6) is 0. The van der Waals surface area contributed by atoms with Crippen molar-refractivity contribution < 1.29 is 54.6 Å². The Labute approximate surface area is 163 Å². The van der Waals surface area contributed by atoms with Crippen molar-refractivity contribution in [2.75, 3.05) is 0 Å². The smallest absolute Gasteiger partial charge is 1.00 e. The van der Waals surface area contributed by atoms with Crippen LogP contribution in [-0.2, 0) is 19.5 Å². The molecule has 0 radical (unpaired) electrons. The molecule has 4 atom stereocenters. The minimum Gasteiger partial charge on any atom is -1.00 e. The predicted molar refractivity (Wildman–Crippen MR) is 78.2 cm³/mol. The topological polar surface area (TPSA) is 159 Å². The van der Waals surface area contributed by atoms with E-state index in [0.717, 1.165) is 25.7 Å². The van der Waals surface area contributed by atoms with E-state index in [1.807, 2.05) is 0 Å². The van der Waals surface area contributed by atoms with Gasteiger partial charge in [0.25, 0.3) is 5.09 Å². The monoisotopic (exact) mass is 460 g/mol. The molecule has 2 aliphatic rings. The quantitative estimate of drug-likeness (QED) is 0.264. The van der Waals surface area contributed by atoms with Gasteiger partial charge in [-0.15, -0.1) is 10.1 Å². The molecule has 0 aliphatic heterocycles. The van der Waals surface area contributed by atoms with E-state index < -0.39 is 5.09 Å². The predicted octanol–water partition coefficient (Wildman–Crippen LogP) is -1.54. The van der Waals surface area contributed by atoms with Crippen LogP contribution < -0.4 is 24.8 Å². The number of nitrogens with one attached hydrogen (secondary N) is 4. The van der Waals surface area contributed by atoms with Crippen LogP contribution in [-0.4, -0.2) is 34.5 Å². The number of hydrogen-bond acceptors (Lipinski definition) is 2. The molecule has 8 nitrogen and oxygen atoms in total. The third-order valence-corrected chi connectivity index (χ3v) is 3.53. The minimum atomic E-state index is -1.50. The van der Waals surface area contributed by atoms with E-state index in [4.69, 9.17) is 38.3 Å². The Hall–Kier alpha value is 0.243. The van der Waals surface area contributed by atoms with Gasteiger partial charge in [0.15, 0.2) is 0 Å². The zero-order valence-corrected chi connectivity index (χ0v) is 15.9. The van der Waals surface area contributed by atoms with Crippen LogP contribution >= 0.6 is 0 Å². The largest absolute Gasteiger partial charge is 3.00 e. The van der Waals surface area contributed by atoms with Gasteiger partial charge in [-0.3, -0.25) is 0 Å². The number of nitrogens with zero attached hydrogens (tertiary/aromatic N) is 1. The molecule has 2 saturated carbocycles. The first-order valence-electron chi connectivity index (χ1n) is 7.02. The van der Waals surface area contributed by atoms with Gasteiger partial charge in [-0.25, -0.2) is 0 Å². The number of rotatable bonds is 0. The molecule has 11 heteroatoms. The van der Waals surface area contributed by atoms with Crippen molar-refractivity contribution in [1.29, 1.82) is 0 Å². The van der Waals surface area contributed by atoms with Crippen molar-refractivity contribution in [3.05, 3.63) is 33.0 Å². The molecule has 0 aromatic carbocycles. The normalized spacial score (nSPS) is 28.7. The first kappa shape index (κ1) is 31.1. The molecular formula is C12H25Cl2N5O3Rh-3.